The van der Waals surface area contributed by atoms with Crippen LogP contribution in [0.4, 0.5) is 11.4 Å². The maximum absolute atomic E-state index is 13.8. The molecule has 1 aromatic carbocycles. The Morgan fingerprint density at radius 3 is 2.00 bits per heavy atom. The van der Waals surface area contributed by atoms with Crippen LogP contribution < -0.4 is 10.2 Å². The Bertz CT molecular complexity index is 1470. The fourth-order valence-corrected chi connectivity index (χ4v) is 7.99. The van der Waals surface area contributed by atoms with Gasteiger partial charge in [-0.1, -0.05) is 97.8 Å². The number of hydrogen-bond donors (Lipinski definition) is 2. The highest BCUT2D eigenvalue weighted by molar-refractivity contribution is 6.44. The SMILES string of the molecule is CCC(C)(C)C(=O)Nc1cc(N(CCCCC2CCCC2)CCCCC2CCCC2)ccc1C1=C(O)/C(=C2\C(=O)N(C(C)C)N=C2C)C1=O. The van der Waals surface area contributed by atoms with Crippen LogP contribution in [0.3, 0.4) is 0 Å². The van der Waals surface area contributed by atoms with Crippen molar-refractivity contribution in [1.82, 2.24) is 5.01 Å². The molecule has 0 spiro atoms. The van der Waals surface area contributed by atoms with Crippen molar-refractivity contribution in [1.29, 1.82) is 0 Å². The maximum atomic E-state index is 13.8. The zero-order valence-corrected chi connectivity index (χ0v) is 31.0. The second-order valence-corrected chi connectivity index (χ2v) is 15.9. The van der Waals surface area contributed by atoms with E-state index in [1.54, 1.807) is 6.92 Å². The van der Waals surface area contributed by atoms with Crippen LogP contribution in [0.5, 0.6) is 0 Å². The van der Waals surface area contributed by atoms with E-state index >= 15 is 0 Å². The molecule has 1 heterocycles. The lowest BCUT2D eigenvalue weighted by Crippen LogP contribution is -2.33. The summed E-state index contributed by atoms with van der Waals surface area (Å²) in [4.78, 5) is 43.0. The molecule has 4 aliphatic rings. The minimum Gasteiger partial charge on any atom is -0.506 e. The molecule has 3 aliphatic carbocycles. The van der Waals surface area contributed by atoms with Gasteiger partial charge in [0.2, 0.25) is 11.7 Å². The van der Waals surface area contributed by atoms with Gasteiger partial charge >= 0.3 is 0 Å². The van der Waals surface area contributed by atoms with Crippen LogP contribution in [0.1, 0.15) is 143 Å². The summed E-state index contributed by atoms with van der Waals surface area (Å²) in [5, 5.41) is 20.2. The van der Waals surface area contributed by atoms with Crippen molar-refractivity contribution < 1.29 is 19.5 Å². The Kier molecular flexibility index (Phi) is 12.1. The second kappa shape index (κ2) is 16.1. The number of carbonyl (C=O) groups is 3. The molecule has 0 bridgehead atoms. The lowest BCUT2D eigenvalue weighted by molar-refractivity contribution is -0.127. The number of amides is 2. The van der Waals surface area contributed by atoms with E-state index < -0.39 is 11.2 Å². The minimum absolute atomic E-state index is 0.00536. The van der Waals surface area contributed by atoms with Crippen molar-refractivity contribution in [2.24, 2.45) is 22.4 Å². The summed E-state index contributed by atoms with van der Waals surface area (Å²) in [5.74, 6) is 0.613. The van der Waals surface area contributed by atoms with Crippen LogP contribution >= 0.6 is 0 Å². The van der Waals surface area contributed by atoms with E-state index in [1.807, 2.05) is 52.8 Å². The Morgan fingerprint density at radius 2 is 1.51 bits per heavy atom. The number of hydrogen-bond acceptors (Lipinski definition) is 6. The van der Waals surface area contributed by atoms with Crippen LogP contribution in [-0.2, 0) is 14.4 Å². The number of allylic oxidation sites excluding steroid dienone is 2. The number of aliphatic hydroxyl groups excluding tert-OH is 1. The van der Waals surface area contributed by atoms with E-state index in [0.29, 0.717) is 23.4 Å². The summed E-state index contributed by atoms with van der Waals surface area (Å²) in [6.07, 6.45) is 18.9. The van der Waals surface area contributed by atoms with Crippen molar-refractivity contribution in [3.05, 3.63) is 40.7 Å². The van der Waals surface area contributed by atoms with Gasteiger partial charge in [0, 0.05) is 29.8 Å². The van der Waals surface area contributed by atoms with Crippen molar-refractivity contribution in [2.45, 2.75) is 144 Å². The summed E-state index contributed by atoms with van der Waals surface area (Å²) in [7, 11) is 0. The molecule has 2 amide bonds. The molecule has 0 unspecified atom stereocenters. The third kappa shape index (κ3) is 8.32. The second-order valence-electron chi connectivity index (χ2n) is 15.9. The van der Waals surface area contributed by atoms with Crippen molar-refractivity contribution in [3.8, 4) is 0 Å². The monoisotopic (exact) mass is 672 g/mol. The number of nitrogens with zero attached hydrogens (tertiary/aromatic N) is 3. The highest BCUT2D eigenvalue weighted by atomic mass is 16.3. The molecular weight excluding hydrogens is 612 g/mol. The van der Waals surface area contributed by atoms with Gasteiger partial charge in [-0.05, 0) is 70.1 Å². The zero-order valence-electron chi connectivity index (χ0n) is 31.0. The summed E-state index contributed by atoms with van der Waals surface area (Å²) >= 11 is 0. The minimum atomic E-state index is -0.620. The Labute approximate surface area is 294 Å². The molecule has 2 N–H and O–H groups in total. The molecule has 0 atom stereocenters. The molecule has 268 valence electrons. The van der Waals surface area contributed by atoms with E-state index in [9.17, 15) is 19.5 Å². The Morgan fingerprint density at radius 1 is 0.939 bits per heavy atom. The fourth-order valence-electron chi connectivity index (χ4n) is 7.99. The highest BCUT2D eigenvalue weighted by Crippen LogP contribution is 2.43. The zero-order chi connectivity index (χ0) is 35.3. The van der Waals surface area contributed by atoms with E-state index in [0.717, 1.165) is 43.5 Å². The van der Waals surface area contributed by atoms with E-state index in [-0.39, 0.29) is 40.3 Å². The molecule has 8 nitrogen and oxygen atoms in total. The third-order valence-corrected chi connectivity index (χ3v) is 11.6. The Balaban J connectivity index is 1.43. The molecule has 5 rings (SSSR count). The number of ketones is 1. The fraction of sp³-hybridized carbons (Fsp3) is 0.659. The normalized spacial score (nSPS) is 20.6. The van der Waals surface area contributed by atoms with Gasteiger partial charge in [0.25, 0.3) is 5.91 Å². The van der Waals surface area contributed by atoms with Crippen molar-refractivity contribution in [3.63, 3.8) is 0 Å². The van der Waals surface area contributed by atoms with E-state index in [2.05, 4.69) is 15.3 Å². The molecule has 0 radical (unpaired) electrons. The summed E-state index contributed by atoms with van der Waals surface area (Å²) in [6, 6.07) is 5.69. The molecule has 0 aromatic heterocycles. The lowest BCUT2D eigenvalue weighted by Gasteiger charge is -2.30. The third-order valence-electron chi connectivity index (χ3n) is 11.6. The summed E-state index contributed by atoms with van der Waals surface area (Å²) < 4.78 is 0. The van der Waals surface area contributed by atoms with Gasteiger partial charge in [-0.25, -0.2) is 5.01 Å². The first-order valence-corrected chi connectivity index (χ1v) is 19.3. The maximum Gasteiger partial charge on any atom is 0.277 e. The average molecular weight is 673 g/mol. The van der Waals surface area contributed by atoms with Crippen LogP contribution in [0.25, 0.3) is 5.57 Å². The molecule has 1 aliphatic heterocycles. The first kappa shape index (κ1) is 36.9. The number of hydrazone groups is 1. The number of carbonyl (C=O) groups excluding carboxylic acids is 3. The van der Waals surface area contributed by atoms with Gasteiger partial charge in [-0.2, -0.15) is 5.10 Å². The molecule has 8 heteroatoms. The van der Waals surface area contributed by atoms with E-state index in [1.165, 1.54) is 82.1 Å². The molecule has 2 saturated carbocycles. The molecule has 49 heavy (non-hydrogen) atoms. The molecular formula is C41H60N4O4. The standard InChI is InChI=1S/C41H60N4O4/c1-7-41(5,6)40(49)42-33-26-31(44(24-14-12-20-29-16-8-9-17-29)25-15-13-21-30-18-10-11-19-30)22-23-32(33)35-37(46)36(38(35)47)34-28(4)43-45(27(2)3)39(34)48/h22-23,26-27,29-30,46H,7-21,24-25H2,1-6H3,(H,42,49)/b36-34+. The quantitative estimate of drug-likeness (QED) is 0.135. The number of rotatable bonds is 16. The summed E-state index contributed by atoms with van der Waals surface area (Å²) in [6.45, 7) is 13.1. The lowest BCUT2D eigenvalue weighted by atomic mass is 9.79. The number of nitrogens with one attached hydrogen (secondary N) is 1. The van der Waals surface area contributed by atoms with Gasteiger partial charge in [-0.15, -0.1) is 0 Å². The topological polar surface area (TPSA) is 102 Å². The average Bonchev–Trinajstić information content (AvgIpc) is 3.85. The number of anilines is 2. The van der Waals surface area contributed by atoms with Crippen LogP contribution in [-0.4, -0.2) is 52.6 Å². The van der Waals surface area contributed by atoms with Gasteiger partial charge in [-0.3, -0.25) is 14.4 Å². The van der Waals surface area contributed by atoms with Crippen molar-refractivity contribution in [2.75, 3.05) is 23.3 Å². The molecule has 0 saturated heterocycles. The predicted octanol–water partition coefficient (Wildman–Crippen LogP) is 9.36. The summed E-state index contributed by atoms with van der Waals surface area (Å²) in [5.41, 5.74) is 2.07. The van der Waals surface area contributed by atoms with Crippen LogP contribution in [0.15, 0.2) is 40.2 Å². The van der Waals surface area contributed by atoms with Gasteiger partial charge in [0.15, 0.2) is 0 Å². The Hall–Kier alpha value is -3.42. The molecule has 1 aromatic rings. The highest BCUT2D eigenvalue weighted by Gasteiger charge is 2.44. The van der Waals surface area contributed by atoms with Crippen LogP contribution in [0.2, 0.25) is 0 Å². The largest absolute Gasteiger partial charge is 0.506 e. The van der Waals surface area contributed by atoms with Gasteiger partial charge in [0.05, 0.1) is 34.2 Å². The first-order valence-electron chi connectivity index (χ1n) is 19.3. The number of benzene rings is 1. The number of unbranched alkanes of at least 4 members (excludes halogenated alkanes) is 2. The van der Waals surface area contributed by atoms with Gasteiger partial charge in [0.1, 0.15) is 5.76 Å². The van der Waals surface area contributed by atoms with Crippen molar-refractivity contribution >= 4 is 40.3 Å². The van der Waals surface area contributed by atoms with Gasteiger partial charge < -0.3 is 15.3 Å². The number of aliphatic hydroxyl groups is 1. The van der Waals surface area contributed by atoms with Crippen LogP contribution in [0, 0.1) is 17.3 Å². The van der Waals surface area contributed by atoms with E-state index in [4.69, 9.17) is 0 Å². The predicted molar refractivity (Wildman–Crippen MR) is 200 cm³/mol. The first-order chi connectivity index (χ1) is 23.4. The molecule has 2 fully saturated rings. The smallest absolute Gasteiger partial charge is 0.277 e. The number of Topliss-reactive ketones (excluding diaryl/α,β-unsaturated/α-hetero) is 1.